The van der Waals surface area contributed by atoms with Gasteiger partial charge in [0.1, 0.15) is 6.04 Å². The number of imide groups is 1. The molecule has 0 aliphatic rings. The van der Waals surface area contributed by atoms with Crippen molar-refractivity contribution in [2.45, 2.75) is 57.7 Å². The Morgan fingerprint density at radius 3 is 2.07 bits per heavy atom. The fourth-order valence-corrected chi connectivity index (χ4v) is 4.61. The Bertz CT molecular complexity index is 1360. The molecule has 4 N–H and O–H groups in total. The Balaban J connectivity index is 1.86. The Morgan fingerprint density at radius 2 is 1.51 bits per heavy atom. The van der Waals surface area contributed by atoms with Gasteiger partial charge in [-0.25, -0.2) is 4.79 Å². The number of aryl methyl sites for hydroxylation is 1. The molecule has 3 rings (SSSR count). The summed E-state index contributed by atoms with van der Waals surface area (Å²) >= 11 is 0. The number of hydrogen-bond donors (Lipinski definition) is 3. The lowest BCUT2D eigenvalue weighted by Crippen LogP contribution is -2.61. The minimum atomic E-state index is -3.76. The zero-order valence-electron chi connectivity index (χ0n) is 24.2. The van der Waals surface area contributed by atoms with Gasteiger partial charge in [-0.3, -0.25) is 24.3 Å². The van der Waals surface area contributed by atoms with Crippen LogP contribution in [0, 0.1) is 5.92 Å². The maximum Gasteiger partial charge on any atom is 0.325 e. The maximum absolute atomic E-state index is 15.3. The molecule has 0 aliphatic carbocycles. The Kier molecular flexibility index (Phi) is 12.0. The first kappa shape index (κ1) is 33.0. The summed E-state index contributed by atoms with van der Waals surface area (Å²) in [4.78, 5) is 57.9. The standard InChI is InChI=1S/C32H37F2N5O4/c1-22(2)28(39(27(40)20-35)31(43)37-21-25-15-9-10-18-36-25)30(42)38-26(19-24-13-7-4-8-14-24)29(41)32(33,34)17-16-23-11-5-3-6-12-23/h3-15,18,22,26,28H,16-17,19-21,35H2,1-2H3,(H,37,43)(H,38,42)/t26-,28-/m0/s1. The van der Waals surface area contributed by atoms with E-state index in [0.717, 1.165) is 0 Å². The summed E-state index contributed by atoms with van der Waals surface area (Å²) in [5.74, 6) is -7.66. The second-order valence-corrected chi connectivity index (χ2v) is 10.4. The summed E-state index contributed by atoms with van der Waals surface area (Å²) < 4.78 is 30.7. The van der Waals surface area contributed by atoms with Crippen molar-refractivity contribution < 1.29 is 28.0 Å². The van der Waals surface area contributed by atoms with E-state index in [1.807, 2.05) is 0 Å². The van der Waals surface area contributed by atoms with E-state index >= 15 is 8.78 Å². The van der Waals surface area contributed by atoms with Crippen LogP contribution in [-0.2, 0) is 33.8 Å². The SMILES string of the molecule is CC(C)[C@@H](C(=O)N[C@@H](Cc1ccccc1)C(=O)C(F)(F)CCc1ccccc1)N(C(=O)CN)C(=O)NCc1ccccn1. The number of halogens is 2. The third-order valence-electron chi connectivity index (χ3n) is 6.83. The van der Waals surface area contributed by atoms with Crippen LogP contribution >= 0.6 is 0 Å². The Hall–Kier alpha value is -4.51. The number of alkyl halides is 2. The summed E-state index contributed by atoms with van der Waals surface area (Å²) in [6.45, 7) is 2.56. The van der Waals surface area contributed by atoms with Gasteiger partial charge in [-0.15, -0.1) is 0 Å². The molecular weight excluding hydrogens is 556 g/mol. The van der Waals surface area contributed by atoms with Gasteiger partial charge in [0.05, 0.1) is 24.8 Å². The molecule has 11 heteroatoms. The van der Waals surface area contributed by atoms with Crippen LogP contribution in [0.25, 0.3) is 0 Å². The largest absolute Gasteiger partial charge is 0.344 e. The monoisotopic (exact) mass is 593 g/mol. The third kappa shape index (κ3) is 9.50. The predicted octanol–water partition coefficient (Wildman–Crippen LogP) is 3.67. The summed E-state index contributed by atoms with van der Waals surface area (Å²) in [5.41, 5.74) is 7.27. The highest BCUT2D eigenvalue weighted by atomic mass is 19.3. The number of carbonyl (C=O) groups is 4. The second-order valence-electron chi connectivity index (χ2n) is 10.4. The number of nitrogens with zero attached hydrogens (tertiary/aromatic N) is 2. The van der Waals surface area contributed by atoms with Crippen molar-refractivity contribution in [3.63, 3.8) is 0 Å². The van der Waals surface area contributed by atoms with Crippen molar-refractivity contribution in [3.8, 4) is 0 Å². The number of amides is 4. The van der Waals surface area contributed by atoms with Gasteiger partial charge in [-0.2, -0.15) is 8.78 Å². The van der Waals surface area contributed by atoms with Crippen LogP contribution in [0.5, 0.6) is 0 Å². The van der Waals surface area contributed by atoms with Gasteiger partial charge in [0, 0.05) is 12.6 Å². The van der Waals surface area contributed by atoms with Crippen LogP contribution in [0.1, 0.15) is 37.1 Å². The number of Topliss-reactive ketones (excluding diaryl/α,β-unsaturated/α-hetero) is 1. The fraction of sp³-hybridized carbons (Fsp3) is 0.344. The molecule has 0 saturated heterocycles. The van der Waals surface area contributed by atoms with Crippen molar-refractivity contribution in [1.82, 2.24) is 20.5 Å². The molecule has 0 spiro atoms. The highest BCUT2D eigenvalue weighted by Gasteiger charge is 2.45. The minimum Gasteiger partial charge on any atom is -0.344 e. The molecule has 1 heterocycles. The first-order valence-electron chi connectivity index (χ1n) is 14.0. The van der Waals surface area contributed by atoms with Crippen LogP contribution in [-0.4, -0.2) is 58.1 Å². The highest BCUT2D eigenvalue weighted by Crippen LogP contribution is 2.25. The number of ketones is 1. The van der Waals surface area contributed by atoms with E-state index in [2.05, 4.69) is 15.6 Å². The second kappa shape index (κ2) is 15.6. The van der Waals surface area contributed by atoms with Crippen molar-refractivity contribution in [2.75, 3.05) is 6.54 Å². The molecule has 4 amide bonds. The third-order valence-corrected chi connectivity index (χ3v) is 6.83. The van der Waals surface area contributed by atoms with E-state index in [-0.39, 0.29) is 19.4 Å². The number of rotatable bonds is 14. The van der Waals surface area contributed by atoms with E-state index < -0.39 is 60.5 Å². The van der Waals surface area contributed by atoms with Gasteiger partial charge in [0.2, 0.25) is 17.6 Å². The summed E-state index contributed by atoms with van der Waals surface area (Å²) in [6, 6.07) is 18.1. The molecule has 0 radical (unpaired) electrons. The van der Waals surface area contributed by atoms with Gasteiger partial charge in [0.25, 0.3) is 0 Å². The van der Waals surface area contributed by atoms with E-state index in [1.54, 1.807) is 92.7 Å². The van der Waals surface area contributed by atoms with Crippen LogP contribution in [0.15, 0.2) is 85.1 Å². The topological polar surface area (TPSA) is 134 Å². The molecule has 1 aromatic heterocycles. The molecule has 2 atom stereocenters. The molecule has 228 valence electrons. The average Bonchev–Trinajstić information content (AvgIpc) is 3.01. The number of carbonyl (C=O) groups excluding carboxylic acids is 4. The lowest BCUT2D eigenvalue weighted by Gasteiger charge is -2.33. The minimum absolute atomic E-state index is 0.0385. The predicted molar refractivity (Wildman–Crippen MR) is 158 cm³/mol. The number of benzene rings is 2. The number of aromatic nitrogens is 1. The molecule has 0 aliphatic heterocycles. The maximum atomic E-state index is 15.3. The van der Waals surface area contributed by atoms with Crippen molar-refractivity contribution in [1.29, 1.82) is 0 Å². The Labute approximate surface area is 249 Å². The van der Waals surface area contributed by atoms with Gasteiger partial charge in [0.15, 0.2) is 0 Å². The zero-order valence-corrected chi connectivity index (χ0v) is 24.2. The highest BCUT2D eigenvalue weighted by molar-refractivity contribution is 6.02. The van der Waals surface area contributed by atoms with Crippen LogP contribution < -0.4 is 16.4 Å². The molecule has 9 nitrogen and oxygen atoms in total. The zero-order chi connectivity index (χ0) is 31.4. The lowest BCUT2D eigenvalue weighted by atomic mass is 9.94. The molecule has 0 bridgehead atoms. The normalized spacial score (nSPS) is 12.7. The van der Waals surface area contributed by atoms with Crippen molar-refractivity contribution in [3.05, 3.63) is 102 Å². The van der Waals surface area contributed by atoms with Gasteiger partial charge in [-0.05, 0) is 42.0 Å². The van der Waals surface area contributed by atoms with Gasteiger partial charge >= 0.3 is 12.0 Å². The van der Waals surface area contributed by atoms with E-state index in [0.29, 0.717) is 21.7 Å². The molecule has 0 saturated carbocycles. The number of nitrogens with two attached hydrogens (primary N) is 1. The van der Waals surface area contributed by atoms with Gasteiger partial charge in [-0.1, -0.05) is 80.6 Å². The smallest absolute Gasteiger partial charge is 0.325 e. The molecule has 2 aromatic carbocycles. The molecule has 3 aromatic rings. The van der Waals surface area contributed by atoms with Crippen LogP contribution in [0.3, 0.4) is 0 Å². The summed E-state index contributed by atoms with van der Waals surface area (Å²) in [6.07, 6.45) is 0.524. The van der Waals surface area contributed by atoms with Crippen molar-refractivity contribution >= 4 is 23.6 Å². The number of pyridine rings is 1. The quantitative estimate of drug-likeness (QED) is 0.261. The Morgan fingerprint density at radius 1 is 0.907 bits per heavy atom. The first-order valence-corrected chi connectivity index (χ1v) is 14.0. The summed E-state index contributed by atoms with van der Waals surface area (Å²) in [7, 11) is 0. The number of urea groups is 1. The first-order chi connectivity index (χ1) is 20.5. The number of hydrogen-bond acceptors (Lipinski definition) is 6. The fourth-order valence-electron chi connectivity index (χ4n) is 4.61. The summed E-state index contributed by atoms with van der Waals surface area (Å²) in [5, 5.41) is 5.00. The van der Waals surface area contributed by atoms with E-state index in [1.165, 1.54) is 6.20 Å². The molecule has 0 fully saturated rings. The average molecular weight is 594 g/mol. The van der Waals surface area contributed by atoms with Gasteiger partial charge < -0.3 is 16.4 Å². The van der Waals surface area contributed by atoms with Crippen LogP contribution in [0.2, 0.25) is 0 Å². The van der Waals surface area contributed by atoms with Crippen molar-refractivity contribution in [2.24, 2.45) is 11.7 Å². The van der Waals surface area contributed by atoms with Crippen LogP contribution in [0.4, 0.5) is 13.6 Å². The molecular formula is C32H37F2N5O4. The number of nitrogens with one attached hydrogen (secondary N) is 2. The molecule has 0 unspecified atom stereocenters. The van der Waals surface area contributed by atoms with E-state index in [4.69, 9.17) is 5.73 Å². The van der Waals surface area contributed by atoms with E-state index in [9.17, 15) is 19.2 Å². The molecule has 43 heavy (non-hydrogen) atoms. The lowest BCUT2D eigenvalue weighted by molar-refractivity contribution is -0.148.